The van der Waals surface area contributed by atoms with Gasteiger partial charge in [0.15, 0.2) is 0 Å². The van der Waals surface area contributed by atoms with E-state index in [9.17, 15) is 9.59 Å². The van der Waals surface area contributed by atoms with Gasteiger partial charge >= 0.3 is 5.97 Å². The SMILES string of the molecule is CNC(=O)C(OC(=O)C(Cl)(Cl)Cl)c1ccccc1. The van der Waals surface area contributed by atoms with E-state index in [0.29, 0.717) is 5.56 Å². The summed E-state index contributed by atoms with van der Waals surface area (Å²) in [4.78, 5) is 23.1. The fourth-order valence-corrected chi connectivity index (χ4v) is 1.34. The van der Waals surface area contributed by atoms with Crippen molar-refractivity contribution in [3.8, 4) is 0 Å². The number of halogens is 3. The number of likely N-dealkylation sites (N-methyl/N-ethyl adjacent to an activating group) is 1. The molecule has 98 valence electrons. The average molecular weight is 311 g/mol. The Balaban J connectivity index is 2.95. The van der Waals surface area contributed by atoms with E-state index in [0.717, 1.165) is 0 Å². The molecule has 1 aromatic rings. The summed E-state index contributed by atoms with van der Waals surface area (Å²) in [5, 5.41) is 2.37. The predicted octanol–water partition coefficient (Wildman–Crippen LogP) is 2.39. The number of hydrogen-bond acceptors (Lipinski definition) is 3. The summed E-state index contributed by atoms with van der Waals surface area (Å²) in [6.45, 7) is 0. The number of rotatable bonds is 3. The van der Waals surface area contributed by atoms with Crippen molar-refractivity contribution in [3.63, 3.8) is 0 Å². The Labute approximate surface area is 119 Å². The topological polar surface area (TPSA) is 55.4 Å². The highest BCUT2D eigenvalue weighted by molar-refractivity contribution is 6.75. The van der Waals surface area contributed by atoms with Gasteiger partial charge in [0.25, 0.3) is 9.70 Å². The zero-order valence-corrected chi connectivity index (χ0v) is 11.6. The van der Waals surface area contributed by atoms with Crippen LogP contribution in [0.4, 0.5) is 0 Å². The van der Waals surface area contributed by atoms with E-state index in [1.807, 2.05) is 0 Å². The number of ether oxygens (including phenoxy) is 1. The van der Waals surface area contributed by atoms with Crippen LogP contribution in [0.1, 0.15) is 11.7 Å². The Bertz CT molecular complexity index is 431. The molecule has 0 aliphatic heterocycles. The van der Waals surface area contributed by atoms with Gasteiger partial charge < -0.3 is 10.1 Å². The van der Waals surface area contributed by atoms with Crippen LogP contribution in [0.15, 0.2) is 30.3 Å². The normalized spacial score (nSPS) is 12.7. The van der Waals surface area contributed by atoms with Crippen molar-refractivity contribution in [2.45, 2.75) is 9.90 Å². The fraction of sp³-hybridized carbons (Fsp3) is 0.273. The van der Waals surface area contributed by atoms with Crippen LogP contribution in [0.5, 0.6) is 0 Å². The van der Waals surface area contributed by atoms with Gasteiger partial charge in [-0.25, -0.2) is 4.79 Å². The zero-order valence-electron chi connectivity index (χ0n) is 9.32. The molecular weight excluding hydrogens is 300 g/mol. The van der Waals surface area contributed by atoms with Crippen molar-refractivity contribution in [2.24, 2.45) is 0 Å². The van der Waals surface area contributed by atoms with Crippen LogP contribution in [0.3, 0.4) is 0 Å². The Morgan fingerprint density at radius 1 is 1.22 bits per heavy atom. The molecule has 1 aromatic carbocycles. The first kappa shape index (κ1) is 15.1. The van der Waals surface area contributed by atoms with Crippen LogP contribution in [-0.4, -0.2) is 22.7 Å². The minimum Gasteiger partial charge on any atom is -0.444 e. The molecule has 0 fully saturated rings. The quantitative estimate of drug-likeness (QED) is 0.689. The molecule has 0 aromatic heterocycles. The highest BCUT2D eigenvalue weighted by atomic mass is 35.6. The van der Waals surface area contributed by atoms with E-state index < -0.39 is 21.8 Å². The molecule has 0 saturated heterocycles. The summed E-state index contributed by atoms with van der Waals surface area (Å²) >= 11 is 16.2. The first-order valence-electron chi connectivity index (χ1n) is 4.90. The van der Waals surface area contributed by atoms with Crippen molar-refractivity contribution >= 4 is 46.7 Å². The first-order valence-corrected chi connectivity index (χ1v) is 6.04. The van der Waals surface area contributed by atoms with Crippen LogP contribution in [-0.2, 0) is 14.3 Å². The molecule has 1 N–H and O–H groups in total. The molecule has 0 heterocycles. The highest BCUT2D eigenvalue weighted by Gasteiger charge is 2.36. The number of carbonyl (C=O) groups excluding carboxylic acids is 2. The lowest BCUT2D eigenvalue weighted by atomic mass is 10.1. The van der Waals surface area contributed by atoms with E-state index in [-0.39, 0.29) is 0 Å². The third-order valence-electron chi connectivity index (χ3n) is 2.04. The third-order valence-corrected chi connectivity index (χ3v) is 2.51. The van der Waals surface area contributed by atoms with Crippen LogP contribution >= 0.6 is 34.8 Å². The Kier molecular flexibility index (Phi) is 5.26. The molecule has 0 aliphatic carbocycles. The van der Waals surface area contributed by atoms with Gasteiger partial charge in [-0.3, -0.25) is 4.79 Å². The standard InChI is InChI=1S/C11H10Cl3NO3/c1-15-9(16)8(7-5-3-2-4-6-7)18-10(17)11(12,13)14/h2-6,8H,1H3,(H,15,16). The second-order valence-electron chi connectivity index (χ2n) is 3.31. The van der Waals surface area contributed by atoms with Gasteiger partial charge in [0.2, 0.25) is 6.10 Å². The predicted molar refractivity (Wildman–Crippen MR) is 69.6 cm³/mol. The summed E-state index contributed by atoms with van der Waals surface area (Å²) < 4.78 is 2.69. The second kappa shape index (κ2) is 6.27. The van der Waals surface area contributed by atoms with Gasteiger partial charge in [0.1, 0.15) is 0 Å². The summed E-state index contributed by atoms with van der Waals surface area (Å²) in [5.74, 6) is -1.62. The highest BCUT2D eigenvalue weighted by Crippen LogP contribution is 2.30. The fourth-order valence-electron chi connectivity index (χ4n) is 1.21. The summed E-state index contributed by atoms with van der Waals surface area (Å²) in [6.07, 6.45) is -1.15. The van der Waals surface area contributed by atoms with Crippen LogP contribution in [0.2, 0.25) is 0 Å². The minimum absolute atomic E-state index is 0.486. The lowest BCUT2D eigenvalue weighted by Gasteiger charge is -2.19. The van der Waals surface area contributed by atoms with Crippen LogP contribution in [0.25, 0.3) is 0 Å². The minimum atomic E-state index is -2.22. The molecule has 1 atom stereocenters. The van der Waals surface area contributed by atoms with Gasteiger partial charge in [-0.05, 0) is 0 Å². The average Bonchev–Trinajstić information content (AvgIpc) is 2.34. The van der Waals surface area contributed by atoms with Crippen molar-refractivity contribution < 1.29 is 14.3 Å². The first-order chi connectivity index (χ1) is 8.36. The van der Waals surface area contributed by atoms with Crippen LogP contribution in [0, 0.1) is 0 Å². The van der Waals surface area contributed by atoms with E-state index >= 15 is 0 Å². The van der Waals surface area contributed by atoms with Crippen molar-refractivity contribution in [1.82, 2.24) is 5.32 Å². The lowest BCUT2D eigenvalue weighted by Crippen LogP contribution is -2.33. The smallest absolute Gasteiger partial charge is 0.359 e. The second-order valence-corrected chi connectivity index (χ2v) is 5.59. The molecule has 1 unspecified atom stereocenters. The van der Waals surface area contributed by atoms with Gasteiger partial charge in [0.05, 0.1) is 0 Å². The molecule has 0 radical (unpaired) electrons. The van der Waals surface area contributed by atoms with Gasteiger partial charge in [-0.1, -0.05) is 65.1 Å². The summed E-state index contributed by atoms with van der Waals surface area (Å²) in [5.41, 5.74) is 0.486. The van der Waals surface area contributed by atoms with Gasteiger partial charge in [0, 0.05) is 12.6 Å². The number of hydrogen-bond donors (Lipinski definition) is 1. The zero-order chi connectivity index (χ0) is 13.8. The number of nitrogens with one attached hydrogen (secondary N) is 1. The summed E-state index contributed by atoms with van der Waals surface area (Å²) in [6, 6.07) is 8.43. The maximum absolute atomic E-state index is 11.7. The number of benzene rings is 1. The molecular formula is C11H10Cl3NO3. The lowest BCUT2D eigenvalue weighted by molar-refractivity contribution is -0.155. The van der Waals surface area contributed by atoms with Crippen molar-refractivity contribution in [3.05, 3.63) is 35.9 Å². The largest absolute Gasteiger partial charge is 0.444 e. The molecule has 1 rings (SSSR count). The number of amides is 1. The van der Waals surface area contributed by atoms with Gasteiger partial charge in [-0.2, -0.15) is 0 Å². The summed E-state index contributed by atoms with van der Waals surface area (Å²) in [7, 11) is 1.42. The van der Waals surface area contributed by atoms with Crippen molar-refractivity contribution in [1.29, 1.82) is 0 Å². The third kappa shape index (κ3) is 4.05. The van der Waals surface area contributed by atoms with Crippen molar-refractivity contribution in [2.75, 3.05) is 7.05 Å². The molecule has 7 heteroatoms. The molecule has 0 saturated carbocycles. The van der Waals surface area contributed by atoms with E-state index in [2.05, 4.69) is 5.32 Å². The van der Waals surface area contributed by atoms with Gasteiger partial charge in [-0.15, -0.1) is 0 Å². The maximum Gasteiger partial charge on any atom is 0.359 e. The molecule has 1 amide bonds. The number of esters is 1. The Morgan fingerprint density at radius 3 is 2.22 bits per heavy atom. The van der Waals surface area contributed by atoms with E-state index in [4.69, 9.17) is 39.5 Å². The molecule has 0 aliphatic rings. The number of alkyl halides is 3. The number of carbonyl (C=O) groups is 2. The Morgan fingerprint density at radius 2 is 1.78 bits per heavy atom. The molecule has 4 nitrogen and oxygen atoms in total. The Hall–Kier alpha value is -0.970. The molecule has 18 heavy (non-hydrogen) atoms. The van der Waals surface area contributed by atoms with E-state index in [1.165, 1.54) is 7.05 Å². The maximum atomic E-state index is 11.7. The van der Waals surface area contributed by atoms with E-state index in [1.54, 1.807) is 30.3 Å². The molecule has 0 spiro atoms. The monoisotopic (exact) mass is 309 g/mol. The van der Waals surface area contributed by atoms with Crippen LogP contribution < -0.4 is 5.32 Å². The molecule has 0 bridgehead atoms.